The molecule has 0 spiro atoms. The first-order valence-electron chi connectivity index (χ1n) is 23.6. The summed E-state index contributed by atoms with van der Waals surface area (Å²) in [4.78, 5) is 0. The first-order chi connectivity index (χ1) is 34.9. The van der Waals surface area contributed by atoms with Crippen molar-refractivity contribution in [2.24, 2.45) is 0 Å². The van der Waals surface area contributed by atoms with E-state index >= 15 is 0 Å². The van der Waals surface area contributed by atoms with Crippen LogP contribution in [-0.4, -0.2) is 144 Å². The molecule has 2 aliphatic carbocycles. The van der Waals surface area contributed by atoms with Crippen LogP contribution in [0.5, 0.6) is 51.7 Å². The standard InChI is InChI=1S/C54H52O19/c55-17-30-43(63)47(67)49(69)53(71-30)37-29(62)16-28-35-32(19-1-7-23(57)8-2-19)40-39(38(35)33(36(28)45(37)65)20-3-9-24(58)10-4-20)41-34(22-13-26(60)15-27(61)14-22)51(21-5-11-25(59)12-6-21)73-52(41)42(46(40)66)54-50(70)48(68)44(64)31(18-56)72-54/h1-16,30-35,38,43-44,47-51,53-70H,17-18H2/t30-,31-,32+,33-,34-,35+,38+,43-,44-,47+,48+,49-,50-,51+,53+,54+/m1/s1. The van der Waals surface area contributed by atoms with E-state index in [0.29, 0.717) is 22.3 Å². The fourth-order valence-electron chi connectivity index (χ4n) is 12.4. The van der Waals surface area contributed by atoms with Crippen LogP contribution in [0.15, 0.2) is 97.1 Å². The highest BCUT2D eigenvalue weighted by Gasteiger charge is 2.60. The van der Waals surface area contributed by atoms with Gasteiger partial charge in [-0.2, -0.15) is 0 Å². The Morgan fingerprint density at radius 2 is 0.808 bits per heavy atom. The van der Waals surface area contributed by atoms with Gasteiger partial charge in [-0.15, -0.1) is 0 Å². The van der Waals surface area contributed by atoms with Crippen LogP contribution in [0.4, 0.5) is 0 Å². The van der Waals surface area contributed by atoms with Crippen LogP contribution in [-0.2, 0) is 9.47 Å². The molecule has 11 rings (SSSR count). The van der Waals surface area contributed by atoms with Gasteiger partial charge in [0.2, 0.25) is 0 Å². The molecule has 0 saturated carbocycles. The van der Waals surface area contributed by atoms with Gasteiger partial charge in [0.25, 0.3) is 0 Å². The number of aliphatic hydroxyl groups is 8. The van der Waals surface area contributed by atoms with E-state index < -0.39 is 133 Å². The maximum atomic E-state index is 13.3. The molecule has 0 aromatic heterocycles. The third-order valence-corrected chi connectivity index (χ3v) is 15.6. The number of phenolic OH excluding ortho intramolecular Hbond substituents is 8. The molecule has 3 heterocycles. The number of fused-ring (bicyclic) bond motifs is 7. The molecule has 6 aromatic carbocycles. The number of aromatic hydroxyl groups is 8. The van der Waals surface area contributed by atoms with Crippen molar-refractivity contribution in [3.05, 3.63) is 158 Å². The van der Waals surface area contributed by atoms with Crippen molar-refractivity contribution in [3.8, 4) is 51.7 Å². The average molecular weight is 1000 g/mol. The molecule has 6 aromatic rings. The first-order valence-corrected chi connectivity index (χ1v) is 23.6. The molecular formula is C54H52O19. The van der Waals surface area contributed by atoms with Crippen LogP contribution in [0, 0.1) is 0 Å². The Bertz CT molecular complexity index is 3070. The van der Waals surface area contributed by atoms with Crippen LogP contribution in [0.2, 0.25) is 0 Å². The Kier molecular flexibility index (Phi) is 11.9. The molecule has 19 nitrogen and oxygen atoms in total. The van der Waals surface area contributed by atoms with Gasteiger partial charge in [0.1, 0.15) is 119 Å². The van der Waals surface area contributed by atoms with E-state index in [1.54, 1.807) is 36.4 Å². The van der Waals surface area contributed by atoms with Crippen molar-refractivity contribution < 1.29 is 95.9 Å². The van der Waals surface area contributed by atoms with Gasteiger partial charge in [0.05, 0.1) is 30.3 Å². The number of aliphatic hydroxyl groups excluding tert-OH is 8. The lowest BCUT2D eigenvalue weighted by molar-refractivity contribution is -0.232. The highest BCUT2D eigenvalue weighted by molar-refractivity contribution is 5.76. The fraction of sp³-hybridized carbons (Fsp3) is 0.333. The van der Waals surface area contributed by atoms with Crippen LogP contribution >= 0.6 is 0 Å². The van der Waals surface area contributed by atoms with Crippen molar-refractivity contribution in [2.45, 2.75) is 96.7 Å². The molecule has 3 aliphatic heterocycles. The van der Waals surface area contributed by atoms with Crippen molar-refractivity contribution in [1.82, 2.24) is 0 Å². The molecule has 16 atom stereocenters. The van der Waals surface area contributed by atoms with E-state index in [9.17, 15) is 81.7 Å². The van der Waals surface area contributed by atoms with E-state index in [-0.39, 0.29) is 67.9 Å². The van der Waals surface area contributed by atoms with Gasteiger partial charge in [0, 0.05) is 46.4 Å². The molecule has 0 radical (unpaired) electrons. The molecule has 73 heavy (non-hydrogen) atoms. The summed E-state index contributed by atoms with van der Waals surface area (Å²) in [6, 6.07) is 23.3. The molecule has 0 bridgehead atoms. The largest absolute Gasteiger partial charge is 0.508 e. The maximum Gasteiger partial charge on any atom is 0.135 e. The van der Waals surface area contributed by atoms with Crippen LogP contribution < -0.4 is 4.74 Å². The minimum atomic E-state index is -1.97. The van der Waals surface area contributed by atoms with E-state index in [1.807, 2.05) is 0 Å². The van der Waals surface area contributed by atoms with E-state index in [4.69, 9.17) is 14.2 Å². The number of hydrogen-bond acceptors (Lipinski definition) is 19. The van der Waals surface area contributed by atoms with Crippen molar-refractivity contribution >= 4 is 0 Å². The Hall–Kier alpha value is -6.88. The van der Waals surface area contributed by atoms with E-state index in [0.717, 1.165) is 6.07 Å². The quantitative estimate of drug-likeness (QED) is 0.104. The number of ether oxygens (including phenoxy) is 3. The molecule has 0 amide bonds. The zero-order chi connectivity index (χ0) is 51.6. The van der Waals surface area contributed by atoms with Gasteiger partial charge >= 0.3 is 0 Å². The summed E-state index contributed by atoms with van der Waals surface area (Å²) >= 11 is 0. The molecule has 2 saturated heterocycles. The van der Waals surface area contributed by atoms with Gasteiger partial charge in [-0.25, -0.2) is 0 Å². The van der Waals surface area contributed by atoms with Gasteiger partial charge in [-0.05, 0) is 88.0 Å². The number of phenols is 8. The highest BCUT2D eigenvalue weighted by atomic mass is 16.6. The molecule has 0 unspecified atom stereocenters. The van der Waals surface area contributed by atoms with Crippen LogP contribution in [0.1, 0.15) is 109 Å². The van der Waals surface area contributed by atoms with Crippen LogP contribution in [0.25, 0.3) is 0 Å². The summed E-state index contributed by atoms with van der Waals surface area (Å²) in [6.07, 6.45) is -18.9. The second-order valence-electron chi connectivity index (χ2n) is 19.6. The lowest BCUT2D eigenvalue weighted by atomic mass is 9.74. The maximum absolute atomic E-state index is 13.3. The second kappa shape index (κ2) is 18.0. The monoisotopic (exact) mass is 1000 g/mol. The Morgan fingerprint density at radius 1 is 0.356 bits per heavy atom. The topological polar surface area (TPSA) is 351 Å². The summed E-state index contributed by atoms with van der Waals surface area (Å²) in [7, 11) is 0. The predicted molar refractivity (Wildman–Crippen MR) is 252 cm³/mol. The van der Waals surface area contributed by atoms with Crippen molar-refractivity contribution in [3.63, 3.8) is 0 Å². The van der Waals surface area contributed by atoms with Gasteiger partial charge in [-0.3, -0.25) is 0 Å². The Balaban J connectivity index is 1.26. The van der Waals surface area contributed by atoms with E-state index in [1.165, 1.54) is 54.6 Å². The number of benzene rings is 6. The number of rotatable bonds is 8. The predicted octanol–water partition coefficient (Wildman–Crippen LogP) is 2.79. The molecular weight excluding hydrogens is 953 g/mol. The highest BCUT2D eigenvalue weighted by Crippen LogP contribution is 2.74. The van der Waals surface area contributed by atoms with Crippen molar-refractivity contribution in [1.29, 1.82) is 0 Å². The lowest BCUT2D eigenvalue weighted by Crippen LogP contribution is -2.55. The van der Waals surface area contributed by atoms with Gasteiger partial charge < -0.3 is 95.9 Å². The molecule has 382 valence electrons. The average Bonchev–Trinajstić information content (AvgIpc) is 4.03. The minimum Gasteiger partial charge on any atom is -0.508 e. The molecule has 19 heteroatoms. The second-order valence-corrected chi connectivity index (χ2v) is 19.6. The molecule has 16 N–H and O–H groups in total. The smallest absolute Gasteiger partial charge is 0.135 e. The molecule has 2 fully saturated rings. The number of hydrogen-bond donors (Lipinski definition) is 16. The summed E-state index contributed by atoms with van der Waals surface area (Å²) in [5.74, 6) is -8.04. The Labute approximate surface area is 414 Å². The van der Waals surface area contributed by atoms with Gasteiger partial charge in [0.15, 0.2) is 0 Å². The van der Waals surface area contributed by atoms with Crippen molar-refractivity contribution in [2.75, 3.05) is 13.2 Å². The first kappa shape index (κ1) is 48.4. The summed E-state index contributed by atoms with van der Waals surface area (Å²) < 4.78 is 19.1. The third-order valence-electron chi connectivity index (χ3n) is 15.6. The minimum absolute atomic E-state index is 0.0995. The van der Waals surface area contributed by atoms with Gasteiger partial charge in [-0.1, -0.05) is 36.4 Å². The fourth-order valence-corrected chi connectivity index (χ4v) is 12.4. The molecule has 5 aliphatic rings. The summed E-state index contributed by atoms with van der Waals surface area (Å²) in [5.41, 5.74) is 2.20. The summed E-state index contributed by atoms with van der Waals surface area (Å²) in [5, 5.41) is 180. The van der Waals surface area contributed by atoms with Crippen LogP contribution in [0.3, 0.4) is 0 Å². The Morgan fingerprint density at radius 3 is 1.30 bits per heavy atom. The zero-order valence-corrected chi connectivity index (χ0v) is 38.3. The van der Waals surface area contributed by atoms with E-state index in [2.05, 4.69) is 0 Å². The normalized spacial score (nSPS) is 32.1. The third kappa shape index (κ3) is 7.41. The zero-order valence-electron chi connectivity index (χ0n) is 38.3. The summed E-state index contributed by atoms with van der Waals surface area (Å²) in [6.45, 7) is -1.65. The lowest BCUT2D eigenvalue weighted by Gasteiger charge is -2.41. The SMILES string of the molecule is OC[C@H]1O[C@@H](c2c(O)cc3c(c2O)[C@@H](c2ccc(O)cc2)[C@@H]2c4c(c(O)c([C@@H]5O[C@H](CO)[C@@H](O)[C@H](O)[C@H]5O)c5c4[C@@H](c4cc(O)cc(O)c4)[C@H](c4ccc(O)cc4)O5)[C@@H](c4ccc(O)cc4)[C@H]32)[C@H](O)[C@@H](O)[C@@H]1O.